The number of phenols is 1. The summed E-state index contributed by atoms with van der Waals surface area (Å²) < 4.78 is 39.0. The van der Waals surface area contributed by atoms with E-state index in [4.69, 9.17) is 0 Å². The van der Waals surface area contributed by atoms with E-state index in [2.05, 4.69) is 5.32 Å². The highest BCUT2D eigenvalue weighted by molar-refractivity contribution is 5.33. The molecule has 0 aliphatic carbocycles. The Hall–Kier alpha value is -2.01. The summed E-state index contributed by atoms with van der Waals surface area (Å²) in [6.07, 6.45) is 0.435. The third-order valence-electron chi connectivity index (χ3n) is 2.90. The Kier molecular flexibility index (Phi) is 4.63. The third-order valence-corrected chi connectivity index (χ3v) is 2.90. The average Bonchev–Trinajstić information content (AvgIpc) is 2.38. The van der Waals surface area contributed by atoms with Crippen molar-refractivity contribution in [1.29, 1.82) is 0 Å². The van der Waals surface area contributed by atoms with Crippen molar-refractivity contribution in [2.24, 2.45) is 0 Å². The molecule has 2 N–H and O–H groups in total. The smallest absolute Gasteiger partial charge is 0.165 e. The van der Waals surface area contributed by atoms with Crippen LogP contribution in [0.1, 0.15) is 11.1 Å². The van der Waals surface area contributed by atoms with Gasteiger partial charge in [-0.2, -0.15) is 0 Å². The Morgan fingerprint density at radius 3 is 2.40 bits per heavy atom. The van der Waals surface area contributed by atoms with Crippen molar-refractivity contribution in [3.8, 4) is 5.75 Å². The quantitative estimate of drug-likeness (QED) is 0.825. The number of para-hydroxylation sites is 1. The molecule has 0 aliphatic heterocycles. The molecule has 2 nitrogen and oxygen atoms in total. The van der Waals surface area contributed by atoms with Crippen LogP contribution >= 0.6 is 0 Å². The van der Waals surface area contributed by atoms with Gasteiger partial charge in [0.05, 0.1) is 0 Å². The Morgan fingerprint density at radius 1 is 1.00 bits per heavy atom. The molecule has 0 atom stereocenters. The first-order valence-electron chi connectivity index (χ1n) is 6.18. The van der Waals surface area contributed by atoms with Gasteiger partial charge < -0.3 is 10.4 Å². The Bertz CT molecular complexity index is 581. The van der Waals surface area contributed by atoms with Crippen LogP contribution in [0.15, 0.2) is 36.4 Å². The molecule has 2 aromatic rings. The van der Waals surface area contributed by atoms with E-state index in [0.717, 1.165) is 6.07 Å². The molecule has 0 radical (unpaired) electrons. The van der Waals surface area contributed by atoms with Crippen LogP contribution in [0.25, 0.3) is 0 Å². The lowest BCUT2D eigenvalue weighted by atomic mass is 10.1. The number of halogens is 3. The van der Waals surface area contributed by atoms with Crippen molar-refractivity contribution >= 4 is 0 Å². The van der Waals surface area contributed by atoms with Crippen LogP contribution < -0.4 is 5.32 Å². The van der Waals surface area contributed by atoms with Crippen molar-refractivity contribution in [2.75, 3.05) is 6.54 Å². The molecule has 0 fully saturated rings. The van der Waals surface area contributed by atoms with E-state index in [1.807, 2.05) is 0 Å². The lowest BCUT2D eigenvalue weighted by Gasteiger charge is -2.07. The fourth-order valence-corrected chi connectivity index (χ4v) is 1.91. The van der Waals surface area contributed by atoms with Gasteiger partial charge in [0.1, 0.15) is 11.6 Å². The third kappa shape index (κ3) is 3.74. The highest BCUT2D eigenvalue weighted by Crippen LogP contribution is 2.20. The van der Waals surface area contributed by atoms with Crippen molar-refractivity contribution in [3.05, 3.63) is 65.0 Å². The molecule has 20 heavy (non-hydrogen) atoms. The summed E-state index contributed by atoms with van der Waals surface area (Å²) in [5, 5.41) is 12.5. The molecule has 2 aromatic carbocycles. The second-order valence-corrected chi connectivity index (χ2v) is 4.45. The summed E-state index contributed by atoms with van der Waals surface area (Å²) in [6, 6.07) is 7.65. The van der Waals surface area contributed by atoms with E-state index in [-0.39, 0.29) is 12.3 Å². The van der Waals surface area contributed by atoms with Crippen LogP contribution in [0.3, 0.4) is 0 Å². The maximum atomic E-state index is 13.1. The standard InChI is InChI=1S/C15H14F3NO/c16-12-6-10(7-13(17)8-12)4-5-19-9-11-2-1-3-14(18)15(11)20/h1-3,6-8,19-20H,4-5,9H2. The molecule has 0 amide bonds. The molecular weight excluding hydrogens is 267 g/mol. The van der Waals surface area contributed by atoms with Gasteiger partial charge in [0.25, 0.3) is 0 Å². The van der Waals surface area contributed by atoms with Crippen molar-refractivity contribution in [2.45, 2.75) is 13.0 Å². The molecule has 5 heteroatoms. The van der Waals surface area contributed by atoms with E-state index in [1.165, 1.54) is 24.3 Å². The minimum Gasteiger partial charge on any atom is -0.505 e. The van der Waals surface area contributed by atoms with E-state index in [1.54, 1.807) is 6.07 Å². The molecule has 106 valence electrons. The first kappa shape index (κ1) is 14.4. The Morgan fingerprint density at radius 2 is 1.70 bits per heavy atom. The molecule has 0 bridgehead atoms. The maximum Gasteiger partial charge on any atom is 0.165 e. The number of hydrogen-bond donors (Lipinski definition) is 2. The summed E-state index contributed by atoms with van der Waals surface area (Å²) in [6.45, 7) is 0.736. The summed E-state index contributed by atoms with van der Waals surface area (Å²) in [4.78, 5) is 0. The number of rotatable bonds is 5. The summed E-state index contributed by atoms with van der Waals surface area (Å²) in [7, 11) is 0. The van der Waals surface area contributed by atoms with Gasteiger partial charge in [0, 0.05) is 18.2 Å². The van der Waals surface area contributed by atoms with Crippen LogP contribution in [-0.4, -0.2) is 11.7 Å². The number of hydrogen-bond acceptors (Lipinski definition) is 2. The van der Waals surface area contributed by atoms with E-state index in [9.17, 15) is 18.3 Å². The summed E-state index contributed by atoms with van der Waals surface area (Å²) >= 11 is 0. The average molecular weight is 281 g/mol. The fourth-order valence-electron chi connectivity index (χ4n) is 1.91. The predicted octanol–water partition coefficient (Wildman–Crippen LogP) is 3.14. The number of nitrogens with one attached hydrogen (secondary N) is 1. The molecule has 0 saturated heterocycles. The van der Waals surface area contributed by atoms with E-state index >= 15 is 0 Å². The Balaban J connectivity index is 1.86. The first-order valence-corrected chi connectivity index (χ1v) is 6.18. The zero-order chi connectivity index (χ0) is 14.5. The summed E-state index contributed by atoms with van der Waals surface area (Å²) in [5.74, 6) is -2.26. The second-order valence-electron chi connectivity index (χ2n) is 4.45. The van der Waals surface area contributed by atoms with Gasteiger partial charge in [-0.05, 0) is 36.7 Å². The predicted molar refractivity (Wildman–Crippen MR) is 69.8 cm³/mol. The molecule has 0 spiro atoms. The highest BCUT2D eigenvalue weighted by atomic mass is 19.1. The monoisotopic (exact) mass is 281 g/mol. The van der Waals surface area contributed by atoms with Gasteiger partial charge in [-0.3, -0.25) is 0 Å². The van der Waals surface area contributed by atoms with Crippen LogP contribution in [-0.2, 0) is 13.0 Å². The van der Waals surface area contributed by atoms with Crippen LogP contribution in [0, 0.1) is 17.5 Å². The Labute approximate surface area is 114 Å². The van der Waals surface area contributed by atoms with Gasteiger partial charge in [0.15, 0.2) is 11.6 Å². The van der Waals surface area contributed by atoms with Gasteiger partial charge in [-0.25, -0.2) is 13.2 Å². The fraction of sp³-hybridized carbons (Fsp3) is 0.200. The topological polar surface area (TPSA) is 32.3 Å². The molecule has 0 unspecified atom stereocenters. The molecule has 0 saturated carbocycles. The van der Waals surface area contributed by atoms with Crippen molar-refractivity contribution < 1.29 is 18.3 Å². The van der Waals surface area contributed by atoms with Gasteiger partial charge in [0.2, 0.25) is 0 Å². The largest absolute Gasteiger partial charge is 0.505 e. The van der Waals surface area contributed by atoms with Crippen LogP contribution in [0.4, 0.5) is 13.2 Å². The molecule has 2 rings (SSSR count). The SMILES string of the molecule is Oc1c(F)cccc1CNCCc1cc(F)cc(F)c1. The normalized spacial score (nSPS) is 10.8. The van der Waals surface area contributed by atoms with Crippen LogP contribution in [0.5, 0.6) is 5.75 Å². The molecule has 0 aliphatic rings. The number of aromatic hydroxyl groups is 1. The van der Waals surface area contributed by atoms with Gasteiger partial charge in [-0.15, -0.1) is 0 Å². The number of benzene rings is 2. The van der Waals surface area contributed by atoms with E-state index < -0.39 is 17.5 Å². The summed E-state index contributed by atoms with van der Waals surface area (Å²) in [5.41, 5.74) is 0.980. The second kappa shape index (κ2) is 6.43. The maximum absolute atomic E-state index is 13.1. The zero-order valence-electron chi connectivity index (χ0n) is 10.7. The molecule has 0 aromatic heterocycles. The molecule has 0 heterocycles. The van der Waals surface area contributed by atoms with Crippen molar-refractivity contribution in [1.82, 2.24) is 5.32 Å². The minimum absolute atomic E-state index is 0.279. The van der Waals surface area contributed by atoms with E-state index in [0.29, 0.717) is 24.1 Å². The van der Waals surface area contributed by atoms with Gasteiger partial charge in [-0.1, -0.05) is 12.1 Å². The number of phenolic OH excluding ortho intramolecular Hbond substituents is 1. The lowest BCUT2D eigenvalue weighted by molar-refractivity contribution is 0.423. The first-order chi connectivity index (χ1) is 9.56. The van der Waals surface area contributed by atoms with Crippen LogP contribution in [0.2, 0.25) is 0 Å². The van der Waals surface area contributed by atoms with Gasteiger partial charge >= 0.3 is 0 Å². The zero-order valence-corrected chi connectivity index (χ0v) is 10.7. The molecular formula is C15H14F3NO. The van der Waals surface area contributed by atoms with Crippen molar-refractivity contribution in [3.63, 3.8) is 0 Å². The highest BCUT2D eigenvalue weighted by Gasteiger charge is 2.06. The lowest BCUT2D eigenvalue weighted by Crippen LogP contribution is -2.17. The minimum atomic E-state index is -0.670.